The number of nitrogens with zero attached hydrogens (tertiary/aromatic N) is 1. The van der Waals surface area contributed by atoms with E-state index in [1.807, 2.05) is 68.1 Å². The predicted octanol–water partition coefficient (Wildman–Crippen LogP) is 7.68. The van der Waals surface area contributed by atoms with Crippen LogP contribution < -0.4 is 10.4 Å². The van der Waals surface area contributed by atoms with E-state index in [1.54, 1.807) is 0 Å². The molecule has 1 aliphatic heterocycles. The number of hydrogen-bond donors (Lipinski definition) is 0. The molecule has 3 aromatic carbocycles. The van der Waals surface area contributed by atoms with Gasteiger partial charge in [-0.2, -0.15) is 0 Å². The molecular formula is C40H53NO5Si. The molecule has 47 heavy (non-hydrogen) atoms. The molecule has 3 aromatic rings. The standard InChI is InChI=1S/C40H53NO5Si/c1-38(2,3)46-37(43)41-32(30-44-29-31-17-10-7-11-18-31)24-27-40(41)26-16-23-36(42)35(40)25-28-45-47(39(4,5)6,33-19-12-8-13-20-33)34-21-14-9-15-22-34/h7-15,17-22,32,35H,16,23-30H2,1-6H3/t32-,35+,40-/m0/s1. The molecule has 1 amide bonds. The summed E-state index contributed by atoms with van der Waals surface area (Å²) >= 11 is 0. The van der Waals surface area contributed by atoms with Crippen molar-refractivity contribution < 1.29 is 23.5 Å². The van der Waals surface area contributed by atoms with Gasteiger partial charge in [0, 0.05) is 18.9 Å². The molecule has 1 saturated carbocycles. The van der Waals surface area contributed by atoms with Gasteiger partial charge in [0.25, 0.3) is 8.32 Å². The van der Waals surface area contributed by atoms with E-state index in [1.165, 1.54) is 10.4 Å². The van der Waals surface area contributed by atoms with Gasteiger partial charge in [0.1, 0.15) is 11.4 Å². The smallest absolute Gasteiger partial charge is 0.411 e. The zero-order valence-electron chi connectivity index (χ0n) is 29.2. The monoisotopic (exact) mass is 655 g/mol. The maximum Gasteiger partial charge on any atom is 0.411 e. The molecule has 0 radical (unpaired) electrons. The number of carbonyl (C=O) groups is 2. The zero-order chi connectivity index (χ0) is 33.7. The van der Waals surface area contributed by atoms with Crippen molar-refractivity contribution in [3.8, 4) is 0 Å². The summed E-state index contributed by atoms with van der Waals surface area (Å²) in [6.45, 7) is 13.8. The molecule has 0 aromatic heterocycles. The van der Waals surface area contributed by atoms with E-state index in [0.717, 1.165) is 31.2 Å². The van der Waals surface area contributed by atoms with Crippen LogP contribution in [0.25, 0.3) is 0 Å². The second-order valence-corrected chi connectivity index (χ2v) is 19.6. The summed E-state index contributed by atoms with van der Waals surface area (Å²) in [6, 6.07) is 31.1. The van der Waals surface area contributed by atoms with Gasteiger partial charge >= 0.3 is 6.09 Å². The van der Waals surface area contributed by atoms with Crippen molar-refractivity contribution in [1.82, 2.24) is 4.90 Å². The first-order chi connectivity index (χ1) is 22.4. The van der Waals surface area contributed by atoms with Crippen LogP contribution in [0.3, 0.4) is 0 Å². The number of rotatable bonds is 10. The molecule has 2 aliphatic rings. The van der Waals surface area contributed by atoms with E-state index >= 15 is 0 Å². The van der Waals surface area contributed by atoms with Crippen molar-refractivity contribution in [3.05, 3.63) is 96.6 Å². The van der Waals surface area contributed by atoms with Gasteiger partial charge < -0.3 is 13.9 Å². The molecule has 1 aliphatic carbocycles. The highest BCUT2D eigenvalue weighted by Gasteiger charge is 2.58. The quantitative estimate of drug-likeness (QED) is 0.210. The summed E-state index contributed by atoms with van der Waals surface area (Å²) in [5, 5.41) is 2.27. The summed E-state index contributed by atoms with van der Waals surface area (Å²) in [4.78, 5) is 30.0. The highest BCUT2D eigenvalue weighted by atomic mass is 28.4. The topological polar surface area (TPSA) is 65.1 Å². The number of carbonyl (C=O) groups excluding carboxylic acids is 2. The Kier molecular flexibility index (Phi) is 10.8. The fraction of sp³-hybridized carbons (Fsp3) is 0.500. The van der Waals surface area contributed by atoms with Crippen LogP contribution in [0.4, 0.5) is 4.79 Å². The lowest BCUT2D eigenvalue weighted by Crippen LogP contribution is -2.67. The first kappa shape index (κ1) is 35.1. The second kappa shape index (κ2) is 14.5. The lowest BCUT2D eigenvalue weighted by molar-refractivity contribution is -0.133. The van der Waals surface area contributed by atoms with Crippen LogP contribution in [-0.4, -0.2) is 55.5 Å². The number of benzene rings is 3. The largest absolute Gasteiger partial charge is 0.444 e. The minimum absolute atomic E-state index is 0.166. The average molecular weight is 656 g/mol. The van der Waals surface area contributed by atoms with E-state index in [-0.39, 0.29) is 28.9 Å². The zero-order valence-corrected chi connectivity index (χ0v) is 30.2. The van der Waals surface area contributed by atoms with Crippen molar-refractivity contribution in [2.24, 2.45) is 5.92 Å². The van der Waals surface area contributed by atoms with Crippen molar-refractivity contribution in [2.75, 3.05) is 13.2 Å². The summed E-state index contributed by atoms with van der Waals surface area (Å²) in [5.41, 5.74) is -0.181. The average Bonchev–Trinajstić information content (AvgIpc) is 3.38. The Morgan fingerprint density at radius 3 is 1.98 bits per heavy atom. The van der Waals surface area contributed by atoms with Gasteiger partial charge in [-0.05, 0) is 73.9 Å². The second-order valence-electron chi connectivity index (χ2n) is 15.3. The summed E-state index contributed by atoms with van der Waals surface area (Å²) in [7, 11) is -2.78. The molecular weight excluding hydrogens is 603 g/mol. The summed E-state index contributed by atoms with van der Waals surface area (Å²) in [5.74, 6) is -0.109. The SMILES string of the molecule is CC(C)(C)OC(=O)N1[C@H](COCc2ccccc2)CC[C@]12CCCC(=O)[C@H]2CCO[Si](c1ccccc1)(c1ccccc1)C(C)(C)C. The maximum absolute atomic E-state index is 14.1. The van der Waals surface area contributed by atoms with Crippen molar-refractivity contribution in [2.45, 2.75) is 109 Å². The van der Waals surface area contributed by atoms with Crippen LogP contribution in [0, 0.1) is 5.92 Å². The normalized spacial score (nSPS) is 22.1. The lowest BCUT2D eigenvalue weighted by atomic mass is 9.69. The highest BCUT2D eigenvalue weighted by Crippen LogP contribution is 2.49. The first-order valence-electron chi connectivity index (χ1n) is 17.3. The maximum atomic E-state index is 14.1. The molecule has 3 atom stereocenters. The van der Waals surface area contributed by atoms with E-state index in [4.69, 9.17) is 13.9 Å². The molecule has 0 N–H and O–H groups in total. The number of amides is 1. The number of ether oxygens (including phenoxy) is 2. The van der Waals surface area contributed by atoms with Crippen LogP contribution in [0.5, 0.6) is 0 Å². The van der Waals surface area contributed by atoms with Crippen molar-refractivity contribution in [3.63, 3.8) is 0 Å². The van der Waals surface area contributed by atoms with E-state index in [2.05, 4.69) is 69.3 Å². The van der Waals surface area contributed by atoms with Crippen LogP contribution >= 0.6 is 0 Å². The highest BCUT2D eigenvalue weighted by molar-refractivity contribution is 6.99. The molecule has 1 heterocycles. The Hall–Kier alpha value is -3.26. The number of ketones is 1. The minimum Gasteiger partial charge on any atom is -0.444 e. The molecule has 2 fully saturated rings. The molecule has 252 valence electrons. The van der Waals surface area contributed by atoms with Crippen molar-refractivity contribution in [1.29, 1.82) is 0 Å². The molecule has 7 heteroatoms. The first-order valence-corrected chi connectivity index (χ1v) is 19.2. The van der Waals surface area contributed by atoms with Gasteiger partial charge in [0.2, 0.25) is 0 Å². The summed E-state index contributed by atoms with van der Waals surface area (Å²) < 4.78 is 19.5. The Morgan fingerprint density at radius 1 is 0.851 bits per heavy atom. The van der Waals surface area contributed by atoms with Crippen LogP contribution in [0.1, 0.15) is 85.6 Å². The summed E-state index contributed by atoms with van der Waals surface area (Å²) in [6.07, 6.45) is 3.80. The number of hydrogen-bond acceptors (Lipinski definition) is 5. The fourth-order valence-corrected chi connectivity index (χ4v) is 12.6. The third kappa shape index (κ3) is 7.58. The van der Waals surface area contributed by atoms with Gasteiger partial charge in [0.05, 0.1) is 24.8 Å². The number of likely N-dealkylation sites (tertiary alicyclic amines) is 1. The van der Waals surface area contributed by atoms with E-state index < -0.39 is 19.5 Å². The van der Waals surface area contributed by atoms with Crippen LogP contribution in [0.15, 0.2) is 91.0 Å². The lowest BCUT2D eigenvalue weighted by Gasteiger charge is -2.49. The molecule has 1 saturated heterocycles. The number of Topliss-reactive ketones (excluding diaryl/α,β-unsaturated/α-hetero) is 1. The van der Waals surface area contributed by atoms with Crippen LogP contribution in [-0.2, 0) is 25.3 Å². The van der Waals surface area contributed by atoms with Gasteiger partial charge in [0.15, 0.2) is 0 Å². The van der Waals surface area contributed by atoms with Crippen LogP contribution in [0.2, 0.25) is 5.04 Å². The third-order valence-corrected chi connectivity index (χ3v) is 15.0. The Morgan fingerprint density at radius 2 is 1.43 bits per heavy atom. The molecule has 1 spiro atoms. The Bertz CT molecular complexity index is 1430. The predicted molar refractivity (Wildman–Crippen MR) is 190 cm³/mol. The molecule has 6 nitrogen and oxygen atoms in total. The fourth-order valence-electron chi connectivity index (χ4n) is 8.04. The van der Waals surface area contributed by atoms with Gasteiger partial charge in [-0.25, -0.2) is 4.79 Å². The molecule has 0 bridgehead atoms. The minimum atomic E-state index is -2.78. The molecule has 5 rings (SSSR count). The van der Waals surface area contributed by atoms with E-state index in [0.29, 0.717) is 32.7 Å². The Balaban J connectivity index is 1.44. The van der Waals surface area contributed by atoms with E-state index in [9.17, 15) is 9.59 Å². The van der Waals surface area contributed by atoms with Crippen molar-refractivity contribution >= 4 is 30.6 Å². The molecule has 0 unspecified atom stereocenters. The van der Waals surface area contributed by atoms with Gasteiger partial charge in [-0.3, -0.25) is 9.69 Å². The Labute approximate surface area is 282 Å². The van der Waals surface area contributed by atoms with Gasteiger partial charge in [-0.1, -0.05) is 112 Å². The third-order valence-electron chi connectivity index (χ3n) is 9.98. The van der Waals surface area contributed by atoms with Gasteiger partial charge in [-0.15, -0.1) is 0 Å².